The van der Waals surface area contributed by atoms with Gasteiger partial charge in [0.05, 0.1) is 18.3 Å². The van der Waals surface area contributed by atoms with Gasteiger partial charge in [0, 0.05) is 5.38 Å². The third-order valence-electron chi connectivity index (χ3n) is 3.54. The predicted octanol–water partition coefficient (Wildman–Crippen LogP) is 4.33. The largest absolute Gasteiger partial charge is 0.461 e. The lowest BCUT2D eigenvalue weighted by atomic mass is 10.0. The first-order chi connectivity index (χ1) is 12.5. The number of amides is 1. The Hall–Kier alpha value is -2.41. The summed E-state index contributed by atoms with van der Waals surface area (Å²) in [6, 6.07) is 9.16. The average Bonchev–Trinajstić information content (AvgIpc) is 3.10. The molecule has 6 nitrogen and oxygen atoms in total. The fourth-order valence-corrected chi connectivity index (χ4v) is 3.13. The summed E-state index contributed by atoms with van der Waals surface area (Å²) in [6.45, 7) is 6.36. The van der Waals surface area contributed by atoms with Gasteiger partial charge in [0.1, 0.15) is 6.61 Å². The van der Waals surface area contributed by atoms with Gasteiger partial charge < -0.3 is 14.8 Å². The maximum atomic E-state index is 12.2. The van der Waals surface area contributed by atoms with Crippen molar-refractivity contribution in [2.24, 2.45) is 5.92 Å². The highest BCUT2D eigenvalue weighted by Gasteiger charge is 2.22. The summed E-state index contributed by atoms with van der Waals surface area (Å²) >= 11 is 1.21. The fraction of sp³-hybridized carbons (Fsp3) is 0.421. The number of alkyl carbamates (subject to hydrolysis) is 1. The summed E-state index contributed by atoms with van der Waals surface area (Å²) in [5.41, 5.74) is 1.56. The number of aromatic nitrogens is 1. The van der Waals surface area contributed by atoms with Crippen LogP contribution in [0.2, 0.25) is 0 Å². The van der Waals surface area contributed by atoms with Crippen LogP contribution in [0.5, 0.6) is 0 Å². The Kier molecular flexibility index (Phi) is 7.59. The Morgan fingerprint density at radius 1 is 1.19 bits per heavy atom. The molecule has 0 aliphatic heterocycles. The average molecular weight is 376 g/mol. The van der Waals surface area contributed by atoms with Gasteiger partial charge in [0.2, 0.25) is 5.01 Å². The van der Waals surface area contributed by atoms with Crippen LogP contribution < -0.4 is 5.32 Å². The predicted molar refractivity (Wildman–Crippen MR) is 100 cm³/mol. The molecule has 0 aliphatic carbocycles. The molecule has 0 aliphatic rings. The van der Waals surface area contributed by atoms with E-state index in [4.69, 9.17) is 9.47 Å². The molecule has 0 fully saturated rings. The number of nitrogens with zero attached hydrogens (tertiary/aromatic N) is 1. The van der Waals surface area contributed by atoms with Crippen molar-refractivity contribution in [3.8, 4) is 0 Å². The van der Waals surface area contributed by atoms with Gasteiger partial charge >= 0.3 is 12.1 Å². The number of hydrogen-bond acceptors (Lipinski definition) is 6. The molecule has 0 saturated carbocycles. The van der Waals surface area contributed by atoms with E-state index >= 15 is 0 Å². The zero-order valence-corrected chi connectivity index (χ0v) is 16.0. The number of thiazole rings is 1. The molecule has 1 heterocycles. The molecule has 7 heteroatoms. The lowest BCUT2D eigenvalue weighted by Crippen LogP contribution is -2.30. The summed E-state index contributed by atoms with van der Waals surface area (Å²) in [6.07, 6.45) is 0.178. The topological polar surface area (TPSA) is 77.5 Å². The molecule has 1 aromatic carbocycles. The van der Waals surface area contributed by atoms with Gasteiger partial charge in [-0.15, -0.1) is 11.3 Å². The molecule has 2 rings (SSSR count). The van der Waals surface area contributed by atoms with E-state index < -0.39 is 12.1 Å². The lowest BCUT2D eigenvalue weighted by Gasteiger charge is -2.18. The van der Waals surface area contributed by atoms with Crippen molar-refractivity contribution < 1.29 is 19.1 Å². The van der Waals surface area contributed by atoms with E-state index in [1.807, 2.05) is 30.3 Å². The minimum Gasteiger partial charge on any atom is -0.461 e. The van der Waals surface area contributed by atoms with Crippen LogP contribution >= 0.6 is 11.3 Å². The highest BCUT2D eigenvalue weighted by molar-refractivity contribution is 7.11. The number of rotatable bonds is 8. The van der Waals surface area contributed by atoms with Crippen LogP contribution in [0.4, 0.5) is 4.79 Å². The smallest absolute Gasteiger partial charge is 0.408 e. The molecular weight excluding hydrogens is 352 g/mol. The molecule has 0 saturated heterocycles. The van der Waals surface area contributed by atoms with Gasteiger partial charge in [-0.05, 0) is 24.8 Å². The van der Waals surface area contributed by atoms with Crippen molar-refractivity contribution in [1.82, 2.24) is 10.3 Å². The molecular formula is C19H24N2O4S. The number of nitrogens with one attached hydrogen (secondary N) is 1. The number of carbonyl (C=O) groups is 2. The Bertz CT molecular complexity index is 715. The number of hydrogen-bond donors (Lipinski definition) is 1. The first kappa shape index (κ1) is 19.9. The highest BCUT2D eigenvalue weighted by Crippen LogP contribution is 2.24. The van der Waals surface area contributed by atoms with E-state index in [0.717, 1.165) is 5.56 Å². The Balaban J connectivity index is 2.00. The molecule has 1 amide bonds. The summed E-state index contributed by atoms with van der Waals surface area (Å²) in [7, 11) is 0. The van der Waals surface area contributed by atoms with E-state index in [1.54, 1.807) is 12.3 Å². The molecule has 1 N–H and O–H groups in total. The standard InChI is InChI=1S/C19H24N2O4S/c1-4-24-18(22)17-20-16(12-26-17)15(10-13(2)3)21-19(23)25-11-14-8-6-5-7-9-14/h5-9,12-13,15H,4,10-11H2,1-3H3,(H,21,23). The Morgan fingerprint density at radius 2 is 1.92 bits per heavy atom. The van der Waals surface area contributed by atoms with Crippen molar-refractivity contribution >= 4 is 23.4 Å². The minimum atomic E-state index is -0.509. The van der Waals surface area contributed by atoms with E-state index in [2.05, 4.69) is 24.1 Å². The van der Waals surface area contributed by atoms with Crippen molar-refractivity contribution in [1.29, 1.82) is 0 Å². The molecule has 0 radical (unpaired) electrons. The normalized spacial score (nSPS) is 11.8. The number of carbonyl (C=O) groups excluding carboxylic acids is 2. The van der Waals surface area contributed by atoms with Crippen LogP contribution in [0.15, 0.2) is 35.7 Å². The lowest BCUT2D eigenvalue weighted by molar-refractivity contribution is 0.0525. The Labute approximate surface area is 157 Å². The SMILES string of the molecule is CCOC(=O)c1nc(C(CC(C)C)NC(=O)OCc2ccccc2)cs1. The Morgan fingerprint density at radius 3 is 2.58 bits per heavy atom. The van der Waals surface area contributed by atoms with Gasteiger partial charge in [-0.25, -0.2) is 14.6 Å². The van der Waals surface area contributed by atoms with Crippen LogP contribution in [0.1, 0.15) is 54.3 Å². The molecule has 140 valence electrons. The molecule has 1 unspecified atom stereocenters. The van der Waals surface area contributed by atoms with Crippen molar-refractivity contribution in [2.45, 2.75) is 39.8 Å². The van der Waals surface area contributed by atoms with E-state index in [0.29, 0.717) is 24.6 Å². The third kappa shape index (κ3) is 6.15. The fourth-order valence-electron chi connectivity index (χ4n) is 2.36. The van der Waals surface area contributed by atoms with Crippen LogP contribution in [0.25, 0.3) is 0 Å². The van der Waals surface area contributed by atoms with E-state index in [-0.39, 0.29) is 17.7 Å². The highest BCUT2D eigenvalue weighted by atomic mass is 32.1. The van der Waals surface area contributed by atoms with Crippen molar-refractivity contribution in [3.63, 3.8) is 0 Å². The summed E-state index contributed by atoms with van der Waals surface area (Å²) in [5.74, 6) is -0.110. The summed E-state index contributed by atoms with van der Waals surface area (Å²) < 4.78 is 10.3. The third-order valence-corrected chi connectivity index (χ3v) is 4.38. The number of benzene rings is 1. The second kappa shape index (κ2) is 9.91. The first-order valence-corrected chi connectivity index (χ1v) is 9.47. The van der Waals surface area contributed by atoms with E-state index in [1.165, 1.54) is 11.3 Å². The van der Waals surface area contributed by atoms with Gasteiger partial charge in [-0.2, -0.15) is 0 Å². The molecule has 1 atom stereocenters. The second-order valence-electron chi connectivity index (χ2n) is 6.19. The van der Waals surface area contributed by atoms with Crippen molar-refractivity contribution in [2.75, 3.05) is 6.61 Å². The van der Waals surface area contributed by atoms with Crippen LogP contribution in [-0.4, -0.2) is 23.7 Å². The van der Waals surface area contributed by atoms with E-state index in [9.17, 15) is 9.59 Å². The van der Waals surface area contributed by atoms with Gasteiger partial charge in [0.25, 0.3) is 0 Å². The van der Waals surface area contributed by atoms with Gasteiger partial charge in [-0.3, -0.25) is 0 Å². The van der Waals surface area contributed by atoms with Gasteiger partial charge in [-0.1, -0.05) is 44.2 Å². The maximum absolute atomic E-state index is 12.2. The number of ether oxygens (including phenoxy) is 2. The zero-order chi connectivity index (χ0) is 18.9. The number of esters is 1. The van der Waals surface area contributed by atoms with Crippen molar-refractivity contribution in [3.05, 3.63) is 52.0 Å². The second-order valence-corrected chi connectivity index (χ2v) is 7.04. The monoisotopic (exact) mass is 376 g/mol. The van der Waals surface area contributed by atoms with Crippen LogP contribution in [0.3, 0.4) is 0 Å². The quantitative estimate of drug-likeness (QED) is 0.694. The molecule has 0 bridgehead atoms. The minimum absolute atomic E-state index is 0.201. The molecule has 0 spiro atoms. The zero-order valence-electron chi connectivity index (χ0n) is 15.2. The summed E-state index contributed by atoms with van der Waals surface area (Å²) in [4.78, 5) is 28.3. The molecule has 2 aromatic rings. The molecule has 1 aromatic heterocycles. The summed E-state index contributed by atoms with van der Waals surface area (Å²) in [5, 5.41) is 4.91. The van der Waals surface area contributed by atoms with Crippen LogP contribution in [0, 0.1) is 5.92 Å². The molecule has 26 heavy (non-hydrogen) atoms. The van der Waals surface area contributed by atoms with Gasteiger partial charge in [0.15, 0.2) is 0 Å². The maximum Gasteiger partial charge on any atom is 0.408 e. The van der Waals surface area contributed by atoms with Crippen LogP contribution in [-0.2, 0) is 16.1 Å². The first-order valence-electron chi connectivity index (χ1n) is 8.59.